The molecule has 8 heteroatoms. The van der Waals surface area contributed by atoms with Crippen molar-refractivity contribution in [2.45, 2.75) is 18.2 Å². The highest BCUT2D eigenvalue weighted by Crippen LogP contribution is 2.09. The van der Waals surface area contributed by atoms with Gasteiger partial charge in [0.05, 0.1) is 11.3 Å². The van der Waals surface area contributed by atoms with E-state index in [2.05, 4.69) is 15.6 Å². The van der Waals surface area contributed by atoms with E-state index in [1.807, 2.05) is 37.3 Å². The van der Waals surface area contributed by atoms with Gasteiger partial charge in [-0.2, -0.15) is 0 Å². The van der Waals surface area contributed by atoms with Crippen molar-refractivity contribution in [3.05, 3.63) is 65.7 Å². The van der Waals surface area contributed by atoms with Crippen LogP contribution < -0.4 is 15.6 Å². The fourth-order valence-corrected chi connectivity index (χ4v) is 3.16. The van der Waals surface area contributed by atoms with Crippen LogP contribution in [-0.2, 0) is 21.2 Å². The van der Waals surface area contributed by atoms with Crippen molar-refractivity contribution in [3.63, 3.8) is 0 Å². The van der Waals surface area contributed by atoms with Gasteiger partial charge in [0.15, 0.2) is 5.11 Å². The summed E-state index contributed by atoms with van der Waals surface area (Å²) in [5.74, 6) is -0.335. The van der Waals surface area contributed by atoms with E-state index in [0.717, 1.165) is 11.1 Å². The van der Waals surface area contributed by atoms with E-state index in [1.165, 1.54) is 12.1 Å². The number of hydrazine groups is 1. The second-order valence-electron chi connectivity index (χ2n) is 5.08. The number of hydrogen-bond donors (Lipinski definition) is 3. The second kappa shape index (κ2) is 7.89. The summed E-state index contributed by atoms with van der Waals surface area (Å²) in [5, 5.41) is -0.211. The number of aryl methyl sites for hydroxylation is 1. The summed E-state index contributed by atoms with van der Waals surface area (Å²) in [4.78, 5) is 11.9. The molecule has 0 saturated heterocycles. The minimum absolute atomic E-state index is 0.0906. The van der Waals surface area contributed by atoms with Gasteiger partial charge >= 0.3 is 0 Å². The zero-order valence-corrected chi connectivity index (χ0v) is 14.6. The number of rotatable bonds is 4. The van der Waals surface area contributed by atoms with Gasteiger partial charge in [0.1, 0.15) is 0 Å². The van der Waals surface area contributed by atoms with Gasteiger partial charge in [-0.1, -0.05) is 48.0 Å². The molecule has 0 radical (unpaired) electrons. The fraction of sp³-hybridized carbons (Fsp3) is 0.125. The number of nitrogens with one attached hydrogen (secondary N) is 3. The minimum Gasteiger partial charge on any atom is -0.274 e. The predicted molar refractivity (Wildman–Crippen MR) is 95.5 cm³/mol. The Morgan fingerprint density at radius 2 is 1.62 bits per heavy atom. The van der Waals surface area contributed by atoms with E-state index in [4.69, 9.17) is 12.2 Å². The van der Waals surface area contributed by atoms with E-state index in [9.17, 15) is 13.2 Å². The van der Waals surface area contributed by atoms with E-state index < -0.39 is 10.0 Å². The summed E-state index contributed by atoms with van der Waals surface area (Å²) in [6.07, 6.45) is 0.154. The monoisotopic (exact) mass is 363 g/mol. The number of carbonyl (C=O) groups excluding carboxylic acids is 1. The Labute approximate surface area is 146 Å². The summed E-state index contributed by atoms with van der Waals surface area (Å²) >= 11 is 4.89. The van der Waals surface area contributed by atoms with Crippen LogP contribution in [0.3, 0.4) is 0 Å². The highest BCUT2D eigenvalue weighted by Gasteiger charge is 2.15. The average Bonchev–Trinajstić information content (AvgIpc) is 2.54. The van der Waals surface area contributed by atoms with Crippen molar-refractivity contribution < 1.29 is 13.2 Å². The molecule has 1 amide bonds. The van der Waals surface area contributed by atoms with Crippen LogP contribution in [0.2, 0.25) is 0 Å². The molecule has 0 aliphatic rings. The first kappa shape index (κ1) is 17.9. The van der Waals surface area contributed by atoms with Gasteiger partial charge in [0.2, 0.25) is 5.91 Å². The molecule has 2 aromatic rings. The van der Waals surface area contributed by atoms with Crippen molar-refractivity contribution >= 4 is 33.3 Å². The van der Waals surface area contributed by atoms with Gasteiger partial charge in [-0.05, 0) is 36.8 Å². The van der Waals surface area contributed by atoms with Crippen LogP contribution in [0.25, 0.3) is 0 Å². The molecule has 2 rings (SSSR count). The lowest BCUT2D eigenvalue weighted by Gasteiger charge is -2.12. The Kier molecular flexibility index (Phi) is 5.88. The molecule has 3 N–H and O–H groups in total. The molecule has 0 heterocycles. The van der Waals surface area contributed by atoms with Crippen LogP contribution in [-0.4, -0.2) is 19.4 Å². The van der Waals surface area contributed by atoms with Crippen LogP contribution in [0.4, 0.5) is 0 Å². The van der Waals surface area contributed by atoms with Gasteiger partial charge in [0, 0.05) is 0 Å². The fourth-order valence-electron chi connectivity index (χ4n) is 1.88. The summed E-state index contributed by atoms with van der Waals surface area (Å²) in [7, 11) is -3.79. The topological polar surface area (TPSA) is 87.3 Å². The van der Waals surface area contributed by atoms with Crippen LogP contribution in [0.15, 0.2) is 59.5 Å². The minimum atomic E-state index is -3.79. The number of hydrogen-bond acceptors (Lipinski definition) is 4. The van der Waals surface area contributed by atoms with E-state index in [1.54, 1.807) is 12.1 Å². The Balaban J connectivity index is 1.86. The standard InChI is InChI=1S/C16H17N3O3S2/c1-12-7-9-14(10-8-12)24(21,22)19-16(23)18-17-15(20)11-13-5-3-2-4-6-13/h2-10H,11H2,1H3,(H,17,20)(H2,18,19,23). The molecule has 0 unspecified atom stereocenters. The van der Waals surface area contributed by atoms with Crippen LogP contribution >= 0.6 is 12.2 Å². The highest BCUT2D eigenvalue weighted by molar-refractivity contribution is 7.91. The van der Waals surface area contributed by atoms with E-state index in [-0.39, 0.29) is 22.3 Å². The Morgan fingerprint density at radius 3 is 2.25 bits per heavy atom. The number of sulfonamides is 1. The third-order valence-corrected chi connectivity index (χ3v) is 4.78. The molecule has 0 aromatic heterocycles. The lowest BCUT2D eigenvalue weighted by molar-refractivity contribution is -0.121. The smallest absolute Gasteiger partial charge is 0.263 e. The second-order valence-corrected chi connectivity index (χ2v) is 7.17. The van der Waals surface area contributed by atoms with Crippen molar-refractivity contribution in [1.29, 1.82) is 0 Å². The molecule has 0 aliphatic heterocycles. The molecule has 2 aromatic carbocycles. The first-order chi connectivity index (χ1) is 11.4. The van der Waals surface area contributed by atoms with Gasteiger partial charge in [0.25, 0.3) is 10.0 Å². The molecular weight excluding hydrogens is 346 g/mol. The molecule has 0 saturated carbocycles. The van der Waals surface area contributed by atoms with Crippen molar-refractivity contribution in [3.8, 4) is 0 Å². The Morgan fingerprint density at radius 1 is 1.00 bits per heavy atom. The van der Waals surface area contributed by atoms with Crippen molar-refractivity contribution in [2.75, 3.05) is 0 Å². The average molecular weight is 363 g/mol. The summed E-state index contributed by atoms with van der Waals surface area (Å²) in [6.45, 7) is 1.86. The zero-order chi connectivity index (χ0) is 17.6. The molecule has 6 nitrogen and oxygen atoms in total. The molecule has 0 atom stereocenters. The molecular formula is C16H17N3O3S2. The lowest BCUT2D eigenvalue weighted by Crippen LogP contribution is -2.48. The number of carbonyl (C=O) groups is 1. The maximum Gasteiger partial charge on any atom is 0.263 e. The number of amides is 1. The molecule has 0 bridgehead atoms. The largest absolute Gasteiger partial charge is 0.274 e. The van der Waals surface area contributed by atoms with Crippen LogP contribution in [0.1, 0.15) is 11.1 Å². The first-order valence-corrected chi connectivity index (χ1v) is 8.98. The molecule has 0 aliphatic carbocycles. The third-order valence-electron chi connectivity index (χ3n) is 3.08. The summed E-state index contributed by atoms with van der Waals surface area (Å²) in [5.41, 5.74) is 6.52. The van der Waals surface area contributed by atoms with Gasteiger partial charge in [-0.25, -0.2) is 8.42 Å². The quantitative estimate of drug-likeness (QED) is 0.565. The third kappa shape index (κ3) is 5.32. The number of thiocarbonyl (C=S) groups is 1. The van der Waals surface area contributed by atoms with E-state index in [0.29, 0.717) is 0 Å². The lowest BCUT2D eigenvalue weighted by atomic mass is 10.1. The van der Waals surface area contributed by atoms with Crippen LogP contribution in [0, 0.1) is 6.92 Å². The maximum atomic E-state index is 12.1. The van der Waals surface area contributed by atoms with Gasteiger partial charge in [-0.15, -0.1) is 0 Å². The predicted octanol–water partition coefficient (Wildman–Crippen LogP) is 1.42. The van der Waals surface area contributed by atoms with Gasteiger partial charge in [-0.3, -0.25) is 20.4 Å². The summed E-state index contributed by atoms with van der Waals surface area (Å²) in [6, 6.07) is 15.5. The maximum absolute atomic E-state index is 12.1. The Hall–Kier alpha value is -2.45. The highest BCUT2D eigenvalue weighted by atomic mass is 32.2. The first-order valence-electron chi connectivity index (χ1n) is 7.09. The normalized spacial score (nSPS) is 10.7. The SMILES string of the molecule is Cc1ccc(S(=O)(=O)NC(=S)NNC(=O)Cc2ccccc2)cc1. The number of benzene rings is 2. The van der Waals surface area contributed by atoms with Crippen LogP contribution in [0.5, 0.6) is 0 Å². The van der Waals surface area contributed by atoms with Crippen molar-refractivity contribution in [1.82, 2.24) is 15.6 Å². The molecule has 0 fully saturated rings. The molecule has 126 valence electrons. The Bertz CT molecular complexity index is 819. The zero-order valence-electron chi connectivity index (χ0n) is 12.9. The van der Waals surface area contributed by atoms with E-state index >= 15 is 0 Å². The molecule has 0 spiro atoms. The summed E-state index contributed by atoms with van der Waals surface area (Å²) < 4.78 is 26.5. The van der Waals surface area contributed by atoms with Crippen molar-refractivity contribution in [2.24, 2.45) is 0 Å². The molecule has 24 heavy (non-hydrogen) atoms. The van der Waals surface area contributed by atoms with Gasteiger partial charge < -0.3 is 0 Å².